The molecule has 0 aliphatic carbocycles. The first-order valence-corrected chi connectivity index (χ1v) is 5.53. The van der Waals surface area contributed by atoms with Gasteiger partial charge < -0.3 is 10.6 Å². The maximum absolute atomic E-state index is 5.83. The summed E-state index contributed by atoms with van der Waals surface area (Å²) in [6.45, 7) is 6.29. The molecule has 0 saturated heterocycles. The molecule has 1 aromatic heterocycles. The Hall–Kier alpha value is -0.840. The van der Waals surface area contributed by atoms with Crippen molar-refractivity contribution in [2.75, 3.05) is 24.7 Å². The first-order valence-electron chi connectivity index (χ1n) is 4.74. The van der Waals surface area contributed by atoms with E-state index in [0.717, 1.165) is 10.2 Å². The highest BCUT2D eigenvalue weighted by Gasteiger charge is 2.22. The summed E-state index contributed by atoms with van der Waals surface area (Å²) in [7, 11) is 3.80. The minimum Gasteiger partial charge on any atom is -0.383 e. The Kier molecular flexibility index (Phi) is 3.23. The quantitative estimate of drug-likeness (QED) is 0.852. The zero-order chi connectivity index (χ0) is 11.8. The SMILES string of the molecule is CN(C)c1nc(N)c(Br)c(C(C)(C)C)n1. The lowest BCUT2D eigenvalue weighted by Gasteiger charge is -2.22. The Morgan fingerprint density at radius 3 is 2.13 bits per heavy atom. The summed E-state index contributed by atoms with van der Waals surface area (Å²) in [4.78, 5) is 10.5. The van der Waals surface area contributed by atoms with E-state index in [2.05, 4.69) is 46.7 Å². The van der Waals surface area contributed by atoms with Crippen molar-refractivity contribution in [2.24, 2.45) is 0 Å². The Balaban J connectivity index is 3.38. The highest BCUT2D eigenvalue weighted by atomic mass is 79.9. The maximum atomic E-state index is 5.83. The lowest BCUT2D eigenvalue weighted by atomic mass is 9.92. The van der Waals surface area contributed by atoms with E-state index in [1.807, 2.05) is 19.0 Å². The van der Waals surface area contributed by atoms with Crippen molar-refractivity contribution in [1.82, 2.24) is 9.97 Å². The second-order valence-electron chi connectivity index (χ2n) is 4.72. The highest BCUT2D eigenvalue weighted by molar-refractivity contribution is 9.10. The van der Waals surface area contributed by atoms with Gasteiger partial charge in [-0.05, 0) is 15.9 Å². The van der Waals surface area contributed by atoms with Gasteiger partial charge in [-0.2, -0.15) is 4.98 Å². The second kappa shape index (κ2) is 3.96. The van der Waals surface area contributed by atoms with Crippen LogP contribution in [0.5, 0.6) is 0 Å². The minimum atomic E-state index is -0.0549. The number of nitrogens with zero attached hydrogens (tertiary/aromatic N) is 3. The van der Waals surface area contributed by atoms with Crippen molar-refractivity contribution in [1.29, 1.82) is 0 Å². The number of anilines is 2. The number of nitrogens with two attached hydrogens (primary N) is 1. The molecule has 0 amide bonds. The number of rotatable bonds is 1. The number of nitrogen functional groups attached to an aromatic ring is 1. The zero-order valence-electron chi connectivity index (χ0n) is 9.80. The number of hydrogen-bond donors (Lipinski definition) is 1. The minimum absolute atomic E-state index is 0.0549. The highest BCUT2D eigenvalue weighted by Crippen LogP contribution is 2.32. The summed E-state index contributed by atoms with van der Waals surface area (Å²) in [5, 5.41) is 0. The van der Waals surface area contributed by atoms with Crippen LogP contribution in [0.1, 0.15) is 26.5 Å². The average Bonchev–Trinajstić information content (AvgIpc) is 2.06. The van der Waals surface area contributed by atoms with Crippen molar-refractivity contribution in [3.05, 3.63) is 10.2 Å². The van der Waals surface area contributed by atoms with Gasteiger partial charge in [-0.3, -0.25) is 0 Å². The number of aromatic nitrogens is 2. The van der Waals surface area contributed by atoms with Crippen LogP contribution in [0.25, 0.3) is 0 Å². The van der Waals surface area contributed by atoms with Crippen molar-refractivity contribution >= 4 is 27.7 Å². The van der Waals surface area contributed by atoms with Crippen LogP contribution >= 0.6 is 15.9 Å². The van der Waals surface area contributed by atoms with E-state index in [-0.39, 0.29) is 5.41 Å². The van der Waals surface area contributed by atoms with Crippen molar-refractivity contribution in [3.8, 4) is 0 Å². The fraction of sp³-hybridized carbons (Fsp3) is 0.600. The summed E-state index contributed by atoms with van der Waals surface area (Å²) >= 11 is 3.43. The van der Waals surface area contributed by atoms with Crippen LogP contribution in [0.3, 0.4) is 0 Å². The molecule has 0 aliphatic rings. The predicted molar refractivity (Wildman–Crippen MR) is 67.2 cm³/mol. The first-order chi connectivity index (χ1) is 6.73. The molecule has 0 radical (unpaired) electrons. The normalized spacial score (nSPS) is 11.6. The predicted octanol–water partition coefficient (Wildman–Crippen LogP) is 2.18. The van der Waals surface area contributed by atoms with Gasteiger partial charge in [0.05, 0.1) is 10.2 Å². The first kappa shape index (κ1) is 12.2. The molecule has 0 aromatic carbocycles. The van der Waals surface area contributed by atoms with Crippen molar-refractivity contribution < 1.29 is 0 Å². The molecule has 0 aliphatic heterocycles. The zero-order valence-corrected chi connectivity index (χ0v) is 11.4. The van der Waals surface area contributed by atoms with Crippen LogP contribution < -0.4 is 10.6 Å². The molecule has 2 N–H and O–H groups in total. The van der Waals surface area contributed by atoms with Crippen LogP contribution in [0, 0.1) is 0 Å². The van der Waals surface area contributed by atoms with Crippen LogP contribution in [-0.2, 0) is 5.41 Å². The van der Waals surface area contributed by atoms with Gasteiger partial charge in [0.2, 0.25) is 5.95 Å². The standard InChI is InChI=1S/C10H17BrN4/c1-10(2,3)7-6(11)8(12)14-9(13-7)15(4)5/h1-5H3,(H2,12,13,14). The lowest BCUT2D eigenvalue weighted by Crippen LogP contribution is -2.21. The topological polar surface area (TPSA) is 55.0 Å². The molecule has 0 atom stereocenters. The fourth-order valence-corrected chi connectivity index (χ4v) is 1.92. The van der Waals surface area contributed by atoms with Crippen LogP contribution in [0.15, 0.2) is 4.47 Å². The van der Waals surface area contributed by atoms with Crippen LogP contribution in [0.4, 0.5) is 11.8 Å². The smallest absolute Gasteiger partial charge is 0.227 e. The summed E-state index contributed by atoms with van der Waals surface area (Å²) in [6, 6.07) is 0. The van der Waals surface area contributed by atoms with E-state index in [0.29, 0.717) is 11.8 Å². The fourth-order valence-electron chi connectivity index (χ4n) is 1.15. The molecule has 0 fully saturated rings. The molecule has 0 spiro atoms. The van der Waals surface area contributed by atoms with E-state index in [1.165, 1.54) is 0 Å². The lowest BCUT2D eigenvalue weighted by molar-refractivity contribution is 0.563. The van der Waals surface area contributed by atoms with Gasteiger partial charge >= 0.3 is 0 Å². The molecule has 0 bridgehead atoms. The van der Waals surface area contributed by atoms with E-state index < -0.39 is 0 Å². The van der Waals surface area contributed by atoms with Gasteiger partial charge in [0.15, 0.2) is 0 Å². The monoisotopic (exact) mass is 272 g/mol. The Labute approximate surface area is 99.0 Å². The summed E-state index contributed by atoms with van der Waals surface area (Å²) in [6.07, 6.45) is 0. The molecule has 1 heterocycles. The second-order valence-corrected chi connectivity index (χ2v) is 5.51. The summed E-state index contributed by atoms with van der Waals surface area (Å²) in [5.41, 5.74) is 6.71. The molecule has 15 heavy (non-hydrogen) atoms. The maximum Gasteiger partial charge on any atom is 0.227 e. The van der Waals surface area contributed by atoms with E-state index in [9.17, 15) is 0 Å². The third-order valence-corrected chi connectivity index (χ3v) is 2.76. The largest absolute Gasteiger partial charge is 0.383 e. The van der Waals surface area contributed by atoms with E-state index >= 15 is 0 Å². The third-order valence-electron chi connectivity index (χ3n) is 1.98. The van der Waals surface area contributed by atoms with Crippen LogP contribution in [0.2, 0.25) is 0 Å². The van der Waals surface area contributed by atoms with E-state index in [1.54, 1.807) is 0 Å². The van der Waals surface area contributed by atoms with E-state index in [4.69, 9.17) is 5.73 Å². The summed E-state index contributed by atoms with van der Waals surface area (Å²) in [5.74, 6) is 1.12. The average molecular weight is 273 g/mol. The molecular formula is C10H17BrN4. The Morgan fingerprint density at radius 1 is 1.20 bits per heavy atom. The van der Waals surface area contributed by atoms with Gasteiger partial charge in [-0.15, -0.1) is 0 Å². The molecular weight excluding hydrogens is 256 g/mol. The molecule has 4 nitrogen and oxygen atoms in total. The summed E-state index contributed by atoms with van der Waals surface area (Å²) < 4.78 is 0.792. The third kappa shape index (κ3) is 2.59. The van der Waals surface area contributed by atoms with Gasteiger partial charge in [0.25, 0.3) is 0 Å². The number of hydrogen-bond acceptors (Lipinski definition) is 4. The molecule has 0 saturated carbocycles. The van der Waals surface area contributed by atoms with Crippen molar-refractivity contribution in [3.63, 3.8) is 0 Å². The molecule has 1 aromatic rings. The molecule has 0 unspecified atom stereocenters. The van der Waals surface area contributed by atoms with Crippen molar-refractivity contribution in [2.45, 2.75) is 26.2 Å². The van der Waals surface area contributed by atoms with Gasteiger partial charge in [0.1, 0.15) is 5.82 Å². The number of halogens is 1. The van der Waals surface area contributed by atoms with Gasteiger partial charge in [-0.25, -0.2) is 4.98 Å². The molecule has 84 valence electrons. The molecule has 1 rings (SSSR count). The Morgan fingerprint density at radius 2 is 1.73 bits per heavy atom. The van der Waals surface area contributed by atoms with Gasteiger partial charge in [0, 0.05) is 19.5 Å². The molecule has 5 heteroatoms. The Bertz CT molecular complexity index is 368. The van der Waals surface area contributed by atoms with Gasteiger partial charge in [-0.1, -0.05) is 20.8 Å². The van der Waals surface area contributed by atoms with Crippen LogP contribution in [-0.4, -0.2) is 24.1 Å².